The normalized spacial score (nSPS) is 37.8. The van der Waals surface area contributed by atoms with E-state index in [0.717, 1.165) is 44.9 Å². The van der Waals surface area contributed by atoms with Gasteiger partial charge in [-0.1, -0.05) is 31.0 Å². The lowest BCUT2D eigenvalue weighted by atomic mass is 9.47. The molecule has 150 valence electrons. The minimum Gasteiger partial charge on any atom is -0.369 e. The summed E-state index contributed by atoms with van der Waals surface area (Å²) in [6, 6.07) is 6.84. The van der Waals surface area contributed by atoms with Gasteiger partial charge in [-0.25, -0.2) is 4.39 Å². The van der Waals surface area contributed by atoms with Gasteiger partial charge in [-0.15, -0.1) is 0 Å². The van der Waals surface area contributed by atoms with Crippen molar-refractivity contribution in [1.29, 1.82) is 0 Å². The maximum absolute atomic E-state index is 14.6. The van der Waals surface area contributed by atoms with Crippen LogP contribution in [0.15, 0.2) is 24.3 Å². The maximum atomic E-state index is 14.6. The van der Waals surface area contributed by atoms with Gasteiger partial charge in [-0.05, 0) is 68.8 Å². The molecule has 3 N–H and O–H groups in total. The third-order valence-electron chi connectivity index (χ3n) is 8.37. The van der Waals surface area contributed by atoms with Crippen LogP contribution < -0.4 is 11.1 Å². The minimum absolute atomic E-state index is 0.0132. The second-order valence-corrected chi connectivity index (χ2v) is 9.88. The summed E-state index contributed by atoms with van der Waals surface area (Å²) in [5.74, 6) is 0.752. The number of nitrogens with two attached hydrogens (primary N) is 1. The number of nitrogens with one attached hydrogen (secondary N) is 1. The molecule has 2 amide bonds. The van der Waals surface area contributed by atoms with Crippen molar-refractivity contribution >= 4 is 11.8 Å². The molecule has 5 atom stereocenters. The van der Waals surface area contributed by atoms with Crippen LogP contribution in [-0.2, 0) is 15.0 Å². The lowest BCUT2D eigenvalue weighted by Gasteiger charge is -2.59. The summed E-state index contributed by atoms with van der Waals surface area (Å²) in [4.78, 5) is 25.7. The average molecular weight is 384 g/mol. The largest absolute Gasteiger partial charge is 0.369 e. The lowest BCUT2D eigenvalue weighted by Crippen LogP contribution is -2.63. The van der Waals surface area contributed by atoms with Crippen molar-refractivity contribution in [3.63, 3.8) is 0 Å². The standard InChI is InChI=1S/C23H29FN2O2/c24-18-6-2-1-5-17(18)23(7-3-4-8-23)21(28)26-19-15-9-14-10-16(19)13-22(11-14,12-15)20(25)27/h1-2,5-6,14-16,19H,3-4,7-13H2,(H2,25,27)(H,26,28)/t14?,15-,16+,19?,22?. The van der Waals surface area contributed by atoms with E-state index >= 15 is 0 Å². The Kier molecular flexibility index (Phi) is 4.08. The van der Waals surface area contributed by atoms with E-state index in [4.69, 9.17) is 5.73 Å². The molecule has 0 heterocycles. The first-order chi connectivity index (χ1) is 13.4. The van der Waals surface area contributed by atoms with Crippen molar-refractivity contribution in [1.82, 2.24) is 5.32 Å². The van der Waals surface area contributed by atoms with Crippen LogP contribution in [0.4, 0.5) is 4.39 Å². The number of primary amides is 1. The molecular weight excluding hydrogens is 355 g/mol. The predicted molar refractivity (Wildman–Crippen MR) is 104 cm³/mol. The van der Waals surface area contributed by atoms with Crippen molar-refractivity contribution < 1.29 is 14.0 Å². The highest BCUT2D eigenvalue weighted by molar-refractivity contribution is 5.89. The summed E-state index contributed by atoms with van der Waals surface area (Å²) in [7, 11) is 0. The topological polar surface area (TPSA) is 72.2 Å². The fourth-order valence-electron chi connectivity index (χ4n) is 7.30. The summed E-state index contributed by atoms with van der Waals surface area (Å²) in [6.07, 6.45) is 7.98. The minimum atomic E-state index is -0.749. The van der Waals surface area contributed by atoms with E-state index < -0.39 is 5.41 Å². The van der Waals surface area contributed by atoms with Gasteiger partial charge < -0.3 is 11.1 Å². The number of carbonyl (C=O) groups is 2. The Bertz CT molecular complexity index is 801. The van der Waals surface area contributed by atoms with Gasteiger partial charge in [0.1, 0.15) is 5.82 Å². The van der Waals surface area contributed by atoms with Crippen LogP contribution in [0.3, 0.4) is 0 Å². The van der Waals surface area contributed by atoms with Gasteiger partial charge in [-0.2, -0.15) is 0 Å². The first kappa shape index (κ1) is 18.1. The highest BCUT2D eigenvalue weighted by Crippen LogP contribution is 2.60. The molecule has 3 unspecified atom stereocenters. The van der Waals surface area contributed by atoms with Gasteiger partial charge in [0.2, 0.25) is 11.8 Å². The first-order valence-corrected chi connectivity index (χ1v) is 10.8. The summed E-state index contributed by atoms with van der Waals surface area (Å²) in [5, 5.41) is 3.37. The fraction of sp³-hybridized carbons (Fsp3) is 0.652. The van der Waals surface area contributed by atoms with Gasteiger partial charge >= 0.3 is 0 Å². The molecule has 1 aromatic rings. The Morgan fingerprint density at radius 2 is 1.68 bits per heavy atom. The Hall–Kier alpha value is -1.91. The number of benzene rings is 1. The number of carbonyl (C=O) groups excluding carboxylic acids is 2. The van der Waals surface area contributed by atoms with Gasteiger partial charge in [0.25, 0.3) is 0 Å². The number of rotatable bonds is 4. The van der Waals surface area contributed by atoms with Crippen molar-refractivity contribution in [2.45, 2.75) is 69.2 Å². The van der Waals surface area contributed by atoms with Crippen LogP contribution >= 0.6 is 0 Å². The van der Waals surface area contributed by atoms with Crippen molar-refractivity contribution in [3.8, 4) is 0 Å². The molecule has 5 aliphatic rings. The molecule has 0 aliphatic heterocycles. The zero-order chi connectivity index (χ0) is 19.5. The molecule has 6 rings (SSSR count). The van der Waals surface area contributed by atoms with Gasteiger partial charge in [0.05, 0.1) is 5.41 Å². The lowest BCUT2D eigenvalue weighted by molar-refractivity contribution is -0.148. The quantitative estimate of drug-likeness (QED) is 0.835. The van der Waals surface area contributed by atoms with E-state index in [1.54, 1.807) is 12.1 Å². The average Bonchev–Trinajstić information content (AvgIpc) is 3.15. The Morgan fingerprint density at radius 3 is 2.29 bits per heavy atom. The van der Waals surface area contributed by atoms with Crippen LogP contribution in [0.1, 0.15) is 63.4 Å². The Morgan fingerprint density at radius 1 is 1.04 bits per heavy atom. The second-order valence-electron chi connectivity index (χ2n) is 9.88. The molecule has 1 aromatic carbocycles. The monoisotopic (exact) mass is 384 g/mol. The zero-order valence-electron chi connectivity index (χ0n) is 16.3. The molecule has 5 heteroatoms. The van der Waals surface area contributed by atoms with E-state index in [9.17, 15) is 14.0 Å². The molecule has 0 radical (unpaired) electrons. The smallest absolute Gasteiger partial charge is 0.230 e. The van der Waals surface area contributed by atoms with E-state index in [0.29, 0.717) is 36.2 Å². The van der Waals surface area contributed by atoms with Crippen molar-refractivity contribution in [2.24, 2.45) is 28.9 Å². The SMILES string of the molecule is NC(=O)C12CC3C[C@H](C1)C(NC(=O)C1(c4ccccc4F)CCCC1)[C@@H](C3)C2. The van der Waals surface area contributed by atoms with Gasteiger partial charge in [0, 0.05) is 17.0 Å². The maximum Gasteiger partial charge on any atom is 0.230 e. The number of hydrogen-bond acceptors (Lipinski definition) is 2. The molecule has 0 spiro atoms. The third-order valence-corrected chi connectivity index (χ3v) is 8.37. The molecule has 5 saturated carbocycles. The predicted octanol–water partition coefficient (Wildman–Crippen LogP) is 3.43. The highest BCUT2D eigenvalue weighted by Gasteiger charge is 2.58. The highest BCUT2D eigenvalue weighted by atomic mass is 19.1. The summed E-state index contributed by atoms with van der Waals surface area (Å²) in [6.45, 7) is 0. The summed E-state index contributed by atoms with van der Waals surface area (Å²) in [5.41, 5.74) is 5.23. The molecule has 5 aliphatic carbocycles. The van der Waals surface area contributed by atoms with Crippen LogP contribution in [0.2, 0.25) is 0 Å². The molecular formula is C23H29FN2O2. The molecule has 5 fully saturated rings. The van der Waals surface area contributed by atoms with Crippen LogP contribution in [-0.4, -0.2) is 17.9 Å². The molecule has 4 nitrogen and oxygen atoms in total. The molecule has 4 bridgehead atoms. The number of hydrogen-bond donors (Lipinski definition) is 2. The zero-order valence-corrected chi connectivity index (χ0v) is 16.3. The second kappa shape index (κ2) is 6.30. The summed E-state index contributed by atoms with van der Waals surface area (Å²) >= 11 is 0. The Balaban J connectivity index is 1.41. The van der Waals surface area contributed by atoms with E-state index in [1.165, 1.54) is 6.07 Å². The van der Waals surface area contributed by atoms with Crippen LogP contribution in [0, 0.1) is 29.0 Å². The van der Waals surface area contributed by atoms with E-state index in [-0.39, 0.29) is 29.1 Å². The van der Waals surface area contributed by atoms with Crippen molar-refractivity contribution in [3.05, 3.63) is 35.6 Å². The van der Waals surface area contributed by atoms with Crippen LogP contribution in [0.5, 0.6) is 0 Å². The van der Waals surface area contributed by atoms with E-state index in [2.05, 4.69) is 5.32 Å². The summed E-state index contributed by atoms with van der Waals surface area (Å²) < 4.78 is 14.6. The van der Waals surface area contributed by atoms with Gasteiger partial charge in [-0.3, -0.25) is 9.59 Å². The molecule has 28 heavy (non-hydrogen) atoms. The molecule has 0 aromatic heterocycles. The van der Waals surface area contributed by atoms with Crippen LogP contribution in [0.25, 0.3) is 0 Å². The number of amides is 2. The number of halogens is 1. The molecule has 0 saturated heterocycles. The Labute approximate surface area is 165 Å². The fourth-order valence-corrected chi connectivity index (χ4v) is 7.30. The third kappa shape index (κ3) is 2.54. The van der Waals surface area contributed by atoms with Crippen molar-refractivity contribution in [2.75, 3.05) is 0 Å². The first-order valence-electron chi connectivity index (χ1n) is 10.8. The van der Waals surface area contributed by atoms with Gasteiger partial charge in [0.15, 0.2) is 0 Å². The van der Waals surface area contributed by atoms with E-state index in [1.807, 2.05) is 6.07 Å².